The van der Waals surface area contributed by atoms with Crippen LogP contribution >= 0.6 is 11.3 Å². The Morgan fingerprint density at radius 3 is 2.83 bits per heavy atom. The van der Waals surface area contributed by atoms with Crippen molar-refractivity contribution in [1.82, 2.24) is 4.98 Å². The Morgan fingerprint density at radius 1 is 1.28 bits per heavy atom. The molecule has 1 aromatic carbocycles. The summed E-state index contributed by atoms with van der Waals surface area (Å²) in [4.78, 5) is 6.17. The second-order valence-corrected chi connectivity index (χ2v) is 5.63. The molecule has 1 aliphatic rings. The molecule has 0 amide bonds. The molecule has 4 heteroatoms. The number of benzene rings is 1. The standard InChI is InChI=1S/C14H16N2OS/c1-17-9-6-7-10(11(15)8-9)14-16-12-4-2-3-5-13(12)18-14/h6-8H,2-5,15H2,1H3. The fraction of sp³-hybridized carbons (Fsp3) is 0.357. The first-order valence-electron chi connectivity index (χ1n) is 6.20. The number of hydrogen-bond acceptors (Lipinski definition) is 4. The quantitative estimate of drug-likeness (QED) is 0.843. The van der Waals surface area contributed by atoms with Crippen LogP contribution in [0.3, 0.4) is 0 Å². The van der Waals surface area contributed by atoms with Crippen molar-refractivity contribution >= 4 is 17.0 Å². The van der Waals surface area contributed by atoms with Gasteiger partial charge in [0.15, 0.2) is 0 Å². The fourth-order valence-electron chi connectivity index (χ4n) is 2.33. The maximum absolute atomic E-state index is 6.07. The van der Waals surface area contributed by atoms with Gasteiger partial charge in [-0.15, -0.1) is 11.3 Å². The molecule has 0 spiro atoms. The monoisotopic (exact) mass is 260 g/mol. The molecule has 2 N–H and O–H groups in total. The van der Waals surface area contributed by atoms with Crippen molar-refractivity contribution in [2.75, 3.05) is 12.8 Å². The lowest BCUT2D eigenvalue weighted by Gasteiger charge is -2.06. The summed E-state index contributed by atoms with van der Waals surface area (Å²) in [6.07, 6.45) is 4.83. The molecule has 0 atom stereocenters. The molecule has 0 unspecified atom stereocenters. The van der Waals surface area contributed by atoms with Crippen molar-refractivity contribution < 1.29 is 4.74 Å². The van der Waals surface area contributed by atoms with Crippen molar-refractivity contribution in [2.45, 2.75) is 25.7 Å². The number of fused-ring (bicyclic) bond motifs is 1. The van der Waals surface area contributed by atoms with Crippen molar-refractivity contribution in [3.05, 3.63) is 28.8 Å². The van der Waals surface area contributed by atoms with Gasteiger partial charge in [-0.1, -0.05) is 0 Å². The second-order valence-electron chi connectivity index (χ2n) is 4.55. The molecular formula is C14H16N2OS. The molecule has 3 nitrogen and oxygen atoms in total. The highest BCUT2D eigenvalue weighted by atomic mass is 32.1. The Morgan fingerprint density at radius 2 is 2.11 bits per heavy atom. The number of aryl methyl sites for hydroxylation is 2. The third kappa shape index (κ3) is 1.97. The molecule has 0 radical (unpaired) electrons. The molecule has 1 heterocycles. The highest BCUT2D eigenvalue weighted by molar-refractivity contribution is 7.15. The lowest BCUT2D eigenvalue weighted by atomic mass is 10.0. The van der Waals surface area contributed by atoms with E-state index < -0.39 is 0 Å². The zero-order valence-electron chi connectivity index (χ0n) is 10.4. The minimum Gasteiger partial charge on any atom is -0.497 e. The maximum Gasteiger partial charge on any atom is 0.125 e. The molecule has 0 fully saturated rings. The van der Waals surface area contributed by atoms with Crippen LogP contribution in [-0.4, -0.2) is 12.1 Å². The van der Waals surface area contributed by atoms with Gasteiger partial charge in [0.2, 0.25) is 0 Å². The van der Waals surface area contributed by atoms with Crippen LogP contribution in [0.1, 0.15) is 23.4 Å². The molecule has 0 saturated carbocycles. The normalized spacial score (nSPS) is 14.3. The second kappa shape index (κ2) is 4.61. The summed E-state index contributed by atoms with van der Waals surface area (Å²) in [6, 6.07) is 5.79. The summed E-state index contributed by atoms with van der Waals surface area (Å²) in [5.41, 5.74) is 9.11. The molecule has 18 heavy (non-hydrogen) atoms. The van der Waals surface area contributed by atoms with Gasteiger partial charge in [0.05, 0.1) is 12.8 Å². The Kier molecular flexibility index (Phi) is 2.96. The number of nitrogens with zero attached hydrogens (tertiary/aromatic N) is 1. The van der Waals surface area contributed by atoms with Gasteiger partial charge in [-0.2, -0.15) is 0 Å². The van der Waals surface area contributed by atoms with Crippen molar-refractivity contribution in [3.8, 4) is 16.3 Å². The molecule has 2 aromatic rings. The summed E-state index contributed by atoms with van der Waals surface area (Å²) in [6.45, 7) is 0. The van der Waals surface area contributed by atoms with Gasteiger partial charge in [0.25, 0.3) is 0 Å². The number of methoxy groups -OCH3 is 1. The first-order chi connectivity index (χ1) is 8.78. The molecule has 1 aromatic heterocycles. The van der Waals surface area contributed by atoms with Gasteiger partial charge in [-0.25, -0.2) is 4.98 Å². The van der Waals surface area contributed by atoms with Gasteiger partial charge >= 0.3 is 0 Å². The van der Waals surface area contributed by atoms with E-state index >= 15 is 0 Å². The highest BCUT2D eigenvalue weighted by Gasteiger charge is 2.17. The van der Waals surface area contributed by atoms with E-state index in [0.717, 1.165) is 28.4 Å². The summed E-state index contributed by atoms with van der Waals surface area (Å²) < 4.78 is 5.17. The summed E-state index contributed by atoms with van der Waals surface area (Å²) >= 11 is 1.78. The lowest BCUT2D eigenvalue weighted by molar-refractivity contribution is 0.415. The molecule has 3 rings (SSSR count). The van der Waals surface area contributed by atoms with E-state index in [2.05, 4.69) is 0 Å². The Hall–Kier alpha value is -1.55. The van der Waals surface area contributed by atoms with E-state index in [9.17, 15) is 0 Å². The third-order valence-corrected chi connectivity index (χ3v) is 4.53. The minimum absolute atomic E-state index is 0.737. The predicted octanol–water partition coefficient (Wildman–Crippen LogP) is 3.28. The van der Waals surface area contributed by atoms with E-state index in [-0.39, 0.29) is 0 Å². The SMILES string of the molecule is COc1ccc(-c2nc3c(s2)CCCC3)c(N)c1. The number of thiazole rings is 1. The van der Waals surface area contributed by atoms with Crippen molar-refractivity contribution in [3.63, 3.8) is 0 Å². The number of anilines is 1. The Bertz CT molecular complexity index is 554. The van der Waals surface area contributed by atoms with Crippen LogP contribution in [0.15, 0.2) is 18.2 Å². The summed E-state index contributed by atoms with van der Waals surface area (Å²) in [5.74, 6) is 0.789. The van der Waals surface area contributed by atoms with E-state index in [1.807, 2.05) is 18.2 Å². The van der Waals surface area contributed by atoms with Crippen LogP contribution in [-0.2, 0) is 12.8 Å². The van der Waals surface area contributed by atoms with E-state index in [0.29, 0.717) is 0 Å². The van der Waals surface area contributed by atoms with Crippen LogP contribution < -0.4 is 10.5 Å². The van der Waals surface area contributed by atoms with Crippen LogP contribution in [0.2, 0.25) is 0 Å². The van der Waals surface area contributed by atoms with E-state index in [4.69, 9.17) is 15.5 Å². The van der Waals surface area contributed by atoms with Crippen molar-refractivity contribution in [2.24, 2.45) is 0 Å². The van der Waals surface area contributed by atoms with E-state index in [1.165, 1.54) is 29.8 Å². The number of rotatable bonds is 2. The summed E-state index contributed by atoms with van der Waals surface area (Å²) in [5, 5.41) is 1.04. The van der Waals surface area contributed by atoms with E-state index in [1.54, 1.807) is 18.4 Å². The highest BCUT2D eigenvalue weighted by Crippen LogP contribution is 2.36. The number of ether oxygens (including phenoxy) is 1. The smallest absolute Gasteiger partial charge is 0.125 e. The molecule has 0 aliphatic heterocycles. The van der Waals surface area contributed by atoms with Crippen LogP contribution in [0.25, 0.3) is 10.6 Å². The van der Waals surface area contributed by atoms with Gasteiger partial charge < -0.3 is 10.5 Å². The average molecular weight is 260 g/mol. The molecule has 0 saturated heterocycles. The number of hydrogen-bond donors (Lipinski definition) is 1. The van der Waals surface area contributed by atoms with Gasteiger partial charge in [-0.05, 0) is 37.8 Å². The van der Waals surface area contributed by atoms with Crippen molar-refractivity contribution in [1.29, 1.82) is 0 Å². The van der Waals surface area contributed by atoms with Crippen LogP contribution in [0.4, 0.5) is 5.69 Å². The third-order valence-electron chi connectivity index (χ3n) is 3.33. The largest absolute Gasteiger partial charge is 0.497 e. The zero-order valence-corrected chi connectivity index (χ0v) is 11.2. The molecule has 1 aliphatic carbocycles. The Balaban J connectivity index is 2.01. The zero-order chi connectivity index (χ0) is 12.5. The topological polar surface area (TPSA) is 48.1 Å². The van der Waals surface area contributed by atoms with Gasteiger partial charge in [0, 0.05) is 22.2 Å². The summed E-state index contributed by atoms with van der Waals surface area (Å²) in [7, 11) is 1.65. The number of aromatic nitrogens is 1. The Labute approximate surface area is 111 Å². The first kappa shape index (κ1) is 11.5. The fourth-order valence-corrected chi connectivity index (χ4v) is 3.53. The number of nitrogens with two attached hydrogens (primary N) is 1. The molecule has 94 valence electrons. The number of nitrogen functional groups attached to an aromatic ring is 1. The van der Waals surface area contributed by atoms with Gasteiger partial charge in [-0.3, -0.25) is 0 Å². The minimum atomic E-state index is 0.737. The van der Waals surface area contributed by atoms with Gasteiger partial charge in [0.1, 0.15) is 10.8 Å². The molecular weight excluding hydrogens is 244 g/mol. The van der Waals surface area contributed by atoms with Crippen LogP contribution in [0, 0.1) is 0 Å². The lowest BCUT2D eigenvalue weighted by Crippen LogP contribution is -1.99. The average Bonchev–Trinajstić information content (AvgIpc) is 2.81. The predicted molar refractivity (Wildman–Crippen MR) is 75.2 cm³/mol. The van der Waals surface area contributed by atoms with Crippen LogP contribution in [0.5, 0.6) is 5.75 Å². The first-order valence-corrected chi connectivity index (χ1v) is 7.02. The molecule has 0 bridgehead atoms. The maximum atomic E-state index is 6.07.